The van der Waals surface area contributed by atoms with E-state index in [9.17, 15) is 13.2 Å². The van der Waals surface area contributed by atoms with Gasteiger partial charge in [0.1, 0.15) is 0 Å². The molecule has 3 rings (SSSR count). The molecule has 2 fully saturated rings. The largest absolute Gasteiger partial charge is 0.416 e. The number of hydrogen-bond acceptors (Lipinski definition) is 1. The molecule has 1 aromatic rings. The Labute approximate surface area is 111 Å². The van der Waals surface area contributed by atoms with Gasteiger partial charge in [-0.05, 0) is 42.7 Å². The van der Waals surface area contributed by atoms with Crippen molar-refractivity contribution in [3.63, 3.8) is 0 Å². The van der Waals surface area contributed by atoms with Crippen LogP contribution >= 0.6 is 0 Å². The van der Waals surface area contributed by atoms with Crippen molar-refractivity contribution in [3.8, 4) is 0 Å². The molecule has 0 saturated heterocycles. The second kappa shape index (κ2) is 4.23. The van der Waals surface area contributed by atoms with Crippen molar-refractivity contribution in [3.05, 3.63) is 35.4 Å². The first kappa shape index (κ1) is 13.0. The number of benzene rings is 1. The van der Waals surface area contributed by atoms with Crippen molar-refractivity contribution in [2.24, 2.45) is 17.6 Å². The highest BCUT2D eigenvalue weighted by Gasteiger charge is 2.53. The molecule has 2 saturated carbocycles. The molecule has 2 aliphatic rings. The smallest absolute Gasteiger partial charge is 0.330 e. The quantitative estimate of drug-likeness (QED) is 0.870. The van der Waals surface area contributed by atoms with Gasteiger partial charge in [0.05, 0.1) is 5.56 Å². The lowest BCUT2D eigenvalue weighted by Crippen LogP contribution is -2.41. The van der Waals surface area contributed by atoms with Crippen molar-refractivity contribution >= 4 is 0 Å². The molecule has 2 bridgehead atoms. The van der Waals surface area contributed by atoms with Crippen LogP contribution in [0.1, 0.15) is 36.8 Å². The van der Waals surface area contributed by atoms with Crippen LogP contribution in [0.25, 0.3) is 0 Å². The average Bonchev–Trinajstić information content (AvgIpc) is 2.98. The van der Waals surface area contributed by atoms with Crippen LogP contribution in [0.4, 0.5) is 13.2 Å². The molecule has 4 heteroatoms. The normalized spacial score (nSPS) is 33.9. The average molecular weight is 269 g/mol. The van der Waals surface area contributed by atoms with Gasteiger partial charge in [-0.15, -0.1) is 0 Å². The number of fused-ring (bicyclic) bond motifs is 2. The van der Waals surface area contributed by atoms with Crippen LogP contribution in [0.5, 0.6) is 0 Å². The lowest BCUT2D eigenvalue weighted by molar-refractivity contribution is -0.139. The van der Waals surface area contributed by atoms with Gasteiger partial charge in [-0.2, -0.15) is 13.2 Å². The van der Waals surface area contributed by atoms with Crippen LogP contribution < -0.4 is 5.73 Å². The van der Waals surface area contributed by atoms with E-state index in [4.69, 9.17) is 5.73 Å². The summed E-state index contributed by atoms with van der Waals surface area (Å²) in [6, 6.07) is 5.99. The molecule has 0 heterocycles. The Balaban J connectivity index is 2.11. The van der Waals surface area contributed by atoms with E-state index in [1.54, 1.807) is 12.1 Å². The Bertz CT molecular complexity index is 483. The Kier molecular flexibility index (Phi) is 2.89. The van der Waals surface area contributed by atoms with Crippen molar-refractivity contribution in [1.29, 1.82) is 0 Å². The Morgan fingerprint density at radius 1 is 1.21 bits per heavy atom. The van der Waals surface area contributed by atoms with E-state index >= 15 is 0 Å². The molecule has 0 aromatic heterocycles. The Morgan fingerprint density at radius 2 is 1.95 bits per heavy atom. The van der Waals surface area contributed by atoms with E-state index in [0.717, 1.165) is 25.7 Å². The van der Waals surface area contributed by atoms with E-state index in [2.05, 4.69) is 0 Å². The first-order chi connectivity index (χ1) is 8.97. The minimum absolute atomic E-state index is 0.321. The fraction of sp³-hybridized carbons (Fsp3) is 0.600. The molecule has 104 valence electrons. The molecule has 0 radical (unpaired) electrons. The second-order valence-corrected chi connectivity index (χ2v) is 5.98. The van der Waals surface area contributed by atoms with E-state index in [1.165, 1.54) is 12.1 Å². The van der Waals surface area contributed by atoms with E-state index < -0.39 is 17.2 Å². The van der Waals surface area contributed by atoms with Gasteiger partial charge in [0.25, 0.3) is 0 Å². The van der Waals surface area contributed by atoms with Crippen molar-refractivity contribution < 1.29 is 13.2 Å². The van der Waals surface area contributed by atoms with Crippen LogP contribution in [0.2, 0.25) is 0 Å². The van der Waals surface area contributed by atoms with Gasteiger partial charge >= 0.3 is 6.18 Å². The molecule has 0 spiro atoms. The van der Waals surface area contributed by atoms with Crippen molar-refractivity contribution in [1.82, 2.24) is 0 Å². The minimum atomic E-state index is -4.29. The summed E-state index contributed by atoms with van der Waals surface area (Å²) >= 11 is 0. The summed E-state index contributed by atoms with van der Waals surface area (Å²) in [6.45, 7) is 0.321. The first-order valence-electron chi connectivity index (χ1n) is 6.84. The molecule has 2 N–H and O–H groups in total. The molecular formula is C15H18F3N. The van der Waals surface area contributed by atoms with Crippen molar-refractivity contribution in [2.75, 3.05) is 6.54 Å². The van der Waals surface area contributed by atoms with Gasteiger partial charge in [0.15, 0.2) is 0 Å². The molecule has 3 unspecified atom stereocenters. The fourth-order valence-electron chi connectivity index (χ4n) is 4.30. The first-order valence-corrected chi connectivity index (χ1v) is 6.84. The van der Waals surface area contributed by atoms with Crippen LogP contribution in [-0.2, 0) is 11.6 Å². The number of halogens is 3. The zero-order valence-electron chi connectivity index (χ0n) is 10.7. The third kappa shape index (κ3) is 1.88. The third-order valence-electron chi connectivity index (χ3n) is 5.11. The molecule has 1 aromatic carbocycles. The molecule has 1 nitrogen and oxygen atoms in total. The fourth-order valence-corrected chi connectivity index (χ4v) is 4.30. The van der Waals surface area contributed by atoms with Crippen molar-refractivity contribution in [2.45, 2.75) is 37.3 Å². The second-order valence-electron chi connectivity index (χ2n) is 5.98. The molecular weight excluding hydrogens is 251 g/mol. The highest BCUT2D eigenvalue weighted by atomic mass is 19.4. The lowest BCUT2D eigenvalue weighted by atomic mass is 9.67. The topological polar surface area (TPSA) is 26.0 Å². The molecule has 19 heavy (non-hydrogen) atoms. The number of hydrogen-bond donors (Lipinski definition) is 1. The predicted molar refractivity (Wildman–Crippen MR) is 67.6 cm³/mol. The minimum Gasteiger partial charge on any atom is -0.330 e. The zero-order valence-corrected chi connectivity index (χ0v) is 10.7. The van der Waals surface area contributed by atoms with Gasteiger partial charge in [-0.25, -0.2) is 0 Å². The highest BCUT2D eigenvalue weighted by molar-refractivity contribution is 5.39. The van der Waals surface area contributed by atoms with Crippen LogP contribution in [-0.4, -0.2) is 6.54 Å². The summed E-state index contributed by atoms with van der Waals surface area (Å²) in [6.07, 6.45) is -0.250. The maximum absolute atomic E-state index is 13.2. The molecule has 0 amide bonds. The summed E-state index contributed by atoms with van der Waals surface area (Å²) < 4.78 is 39.6. The van der Waals surface area contributed by atoms with Gasteiger partial charge < -0.3 is 5.73 Å². The summed E-state index contributed by atoms with van der Waals surface area (Å²) in [4.78, 5) is 0. The monoisotopic (exact) mass is 269 g/mol. The summed E-state index contributed by atoms with van der Waals surface area (Å²) in [5.41, 5.74) is 5.42. The summed E-state index contributed by atoms with van der Waals surface area (Å²) in [7, 11) is 0. The Hall–Kier alpha value is -1.03. The maximum Gasteiger partial charge on any atom is 0.416 e. The highest BCUT2D eigenvalue weighted by Crippen LogP contribution is 2.58. The predicted octanol–water partition coefficient (Wildman–Crippen LogP) is 3.72. The van der Waals surface area contributed by atoms with Gasteiger partial charge in [0, 0.05) is 12.0 Å². The molecule has 2 aliphatic carbocycles. The Morgan fingerprint density at radius 3 is 2.47 bits per heavy atom. The molecule has 3 atom stereocenters. The number of nitrogens with two attached hydrogens (primary N) is 1. The summed E-state index contributed by atoms with van der Waals surface area (Å²) in [5.74, 6) is 0.890. The van der Waals surface area contributed by atoms with Gasteiger partial charge in [0.2, 0.25) is 0 Å². The van der Waals surface area contributed by atoms with Gasteiger partial charge in [-0.1, -0.05) is 24.6 Å². The van der Waals surface area contributed by atoms with E-state index in [1.807, 2.05) is 0 Å². The molecule has 0 aliphatic heterocycles. The van der Waals surface area contributed by atoms with E-state index in [-0.39, 0.29) is 0 Å². The summed E-state index contributed by atoms with van der Waals surface area (Å²) in [5, 5.41) is 0. The zero-order chi connectivity index (χ0) is 13.7. The van der Waals surface area contributed by atoms with Crippen LogP contribution in [0, 0.1) is 11.8 Å². The lowest BCUT2D eigenvalue weighted by Gasteiger charge is -2.39. The van der Waals surface area contributed by atoms with E-state index in [0.29, 0.717) is 23.9 Å². The van der Waals surface area contributed by atoms with Crippen LogP contribution in [0.15, 0.2) is 24.3 Å². The SMILES string of the molecule is NCC1(c2ccccc2C(F)(F)F)CC2CCC1C2. The van der Waals surface area contributed by atoms with Gasteiger partial charge in [-0.3, -0.25) is 0 Å². The number of rotatable bonds is 2. The third-order valence-corrected chi connectivity index (χ3v) is 5.11. The standard InChI is InChI=1S/C15H18F3N/c16-15(17,18)13-4-2-1-3-12(13)14(9-19)8-10-5-6-11(14)7-10/h1-4,10-11H,5-9,19H2. The number of alkyl halides is 3. The maximum atomic E-state index is 13.2. The van der Waals surface area contributed by atoms with Crippen LogP contribution in [0.3, 0.4) is 0 Å².